The van der Waals surface area contributed by atoms with E-state index < -0.39 is 6.10 Å². The third-order valence-electron chi connectivity index (χ3n) is 3.72. The number of nitrogens with zero attached hydrogens (tertiary/aromatic N) is 3. The third-order valence-corrected chi connectivity index (χ3v) is 5.30. The Morgan fingerprint density at radius 2 is 2.30 bits per heavy atom. The van der Waals surface area contributed by atoms with E-state index in [4.69, 9.17) is 21.1 Å². The Morgan fingerprint density at radius 1 is 1.52 bits per heavy atom. The van der Waals surface area contributed by atoms with Crippen LogP contribution >= 0.6 is 22.9 Å². The van der Waals surface area contributed by atoms with Gasteiger partial charge in [-0.25, -0.2) is 4.98 Å². The Labute approximate surface area is 143 Å². The maximum absolute atomic E-state index is 12.1. The van der Waals surface area contributed by atoms with Gasteiger partial charge in [-0.1, -0.05) is 22.9 Å². The zero-order chi connectivity index (χ0) is 16.6. The Bertz CT molecular complexity index is 734. The maximum Gasteiger partial charge on any atom is 0.253 e. The number of benzene rings is 1. The monoisotopic (exact) mass is 355 g/mol. The van der Waals surface area contributed by atoms with Gasteiger partial charge in [0.1, 0.15) is 11.3 Å². The molecule has 1 fully saturated rings. The van der Waals surface area contributed by atoms with Gasteiger partial charge >= 0.3 is 0 Å². The van der Waals surface area contributed by atoms with E-state index >= 15 is 0 Å². The highest BCUT2D eigenvalue weighted by Gasteiger charge is 2.29. The quantitative estimate of drug-likeness (QED) is 0.845. The van der Waals surface area contributed by atoms with Crippen molar-refractivity contribution >= 4 is 44.2 Å². The molecule has 3 rings (SSSR count). The lowest BCUT2D eigenvalue weighted by Gasteiger charge is -2.33. The van der Waals surface area contributed by atoms with E-state index in [1.165, 1.54) is 11.3 Å². The van der Waals surface area contributed by atoms with Crippen molar-refractivity contribution < 1.29 is 14.3 Å². The number of amides is 1. The van der Waals surface area contributed by atoms with Crippen LogP contribution in [0.25, 0.3) is 10.2 Å². The molecule has 0 spiro atoms. The van der Waals surface area contributed by atoms with Crippen LogP contribution in [0.2, 0.25) is 5.02 Å². The topological polar surface area (TPSA) is 54.9 Å². The number of methoxy groups -OCH3 is 1. The second-order valence-electron chi connectivity index (χ2n) is 5.46. The fourth-order valence-corrected chi connectivity index (χ4v) is 3.79. The van der Waals surface area contributed by atoms with Crippen molar-refractivity contribution in [3.63, 3.8) is 0 Å². The molecule has 0 radical (unpaired) electrons. The molecule has 0 N–H and O–H groups in total. The highest BCUT2D eigenvalue weighted by atomic mass is 35.5. The van der Waals surface area contributed by atoms with Gasteiger partial charge in [-0.15, -0.1) is 0 Å². The van der Waals surface area contributed by atoms with Gasteiger partial charge in [-0.3, -0.25) is 4.79 Å². The molecule has 124 valence electrons. The third kappa shape index (κ3) is 3.08. The van der Waals surface area contributed by atoms with Crippen molar-refractivity contribution in [3.05, 3.63) is 17.2 Å². The lowest BCUT2D eigenvalue weighted by molar-refractivity contribution is -0.141. The molecule has 23 heavy (non-hydrogen) atoms. The standard InChI is InChI=1S/C15H18ClN3O3S/c1-18(2)14(20)11-8-19(6-7-22-11)15-17-12-10(21-3)5-4-9(16)13(12)23-15/h4-5,11H,6-8H2,1-3H3. The van der Waals surface area contributed by atoms with E-state index in [2.05, 4.69) is 9.88 Å². The fraction of sp³-hybridized carbons (Fsp3) is 0.467. The second kappa shape index (κ2) is 6.51. The van der Waals surface area contributed by atoms with Crippen molar-refractivity contribution in [2.75, 3.05) is 45.8 Å². The minimum Gasteiger partial charge on any atom is -0.494 e. The second-order valence-corrected chi connectivity index (χ2v) is 6.85. The van der Waals surface area contributed by atoms with Crippen molar-refractivity contribution in [1.82, 2.24) is 9.88 Å². The summed E-state index contributed by atoms with van der Waals surface area (Å²) < 4.78 is 11.8. The summed E-state index contributed by atoms with van der Waals surface area (Å²) in [5.41, 5.74) is 0.752. The molecule has 0 aliphatic carbocycles. The lowest BCUT2D eigenvalue weighted by Crippen LogP contribution is -2.49. The molecule has 2 aromatic rings. The van der Waals surface area contributed by atoms with Crippen LogP contribution in [0.4, 0.5) is 5.13 Å². The molecule has 8 heteroatoms. The number of likely N-dealkylation sites (N-methyl/N-ethyl adjacent to an activating group) is 1. The summed E-state index contributed by atoms with van der Waals surface area (Å²) in [5.74, 6) is 0.660. The van der Waals surface area contributed by atoms with Gasteiger partial charge < -0.3 is 19.3 Å². The molecule has 2 heterocycles. The number of hydrogen-bond donors (Lipinski definition) is 0. The first-order valence-corrected chi connectivity index (χ1v) is 8.41. The summed E-state index contributed by atoms with van der Waals surface area (Å²) in [7, 11) is 5.07. The highest BCUT2D eigenvalue weighted by Crippen LogP contribution is 2.39. The van der Waals surface area contributed by atoms with Gasteiger partial charge in [-0.2, -0.15) is 0 Å². The number of carbonyl (C=O) groups excluding carboxylic acids is 1. The zero-order valence-corrected chi connectivity index (χ0v) is 14.8. The number of fused-ring (bicyclic) bond motifs is 1. The van der Waals surface area contributed by atoms with E-state index in [1.54, 1.807) is 26.1 Å². The van der Waals surface area contributed by atoms with Gasteiger partial charge in [-0.05, 0) is 12.1 Å². The van der Waals surface area contributed by atoms with E-state index in [0.717, 1.165) is 15.3 Å². The molecule has 0 saturated carbocycles. The van der Waals surface area contributed by atoms with Crippen LogP contribution in [0, 0.1) is 0 Å². The Balaban J connectivity index is 1.91. The van der Waals surface area contributed by atoms with E-state index in [-0.39, 0.29) is 5.91 Å². The normalized spacial score (nSPS) is 18.3. The Kier molecular flexibility index (Phi) is 4.61. The fourth-order valence-electron chi connectivity index (χ4n) is 2.50. The minimum absolute atomic E-state index is 0.0357. The molecule has 1 saturated heterocycles. The van der Waals surface area contributed by atoms with Crippen LogP contribution in [-0.4, -0.2) is 62.8 Å². The van der Waals surface area contributed by atoms with Crippen molar-refractivity contribution in [1.29, 1.82) is 0 Å². The number of morpholine rings is 1. The maximum atomic E-state index is 12.1. The summed E-state index contributed by atoms with van der Waals surface area (Å²) in [5, 5.41) is 1.48. The molecular weight excluding hydrogens is 338 g/mol. The molecule has 1 unspecified atom stereocenters. The molecular formula is C15H18ClN3O3S. The summed E-state index contributed by atoms with van der Waals surface area (Å²) >= 11 is 7.77. The summed E-state index contributed by atoms with van der Waals surface area (Å²) in [6.45, 7) is 1.67. The Morgan fingerprint density at radius 3 is 3.00 bits per heavy atom. The van der Waals surface area contributed by atoms with Gasteiger partial charge in [0, 0.05) is 20.6 Å². The molecule has 1 amide bonds. The molecule has 1 aliphatic rings. The Hall–Kier alpha value is -1.57. The number of rotatable bonds is 3. The number of anilines is 1. The van der Waals surface area contributed by atoms with Gasteiger partial charge in [0.25, 0.3) is 5.91 Å². The van der Waals surface area contributed by atoms with Crippen LogP contribution in [0.5, 0.6) is 5.75 Å². The molecule has 1 aromatic carbocycles. The molecule has 1 aromatic heterocycles. The highest BCUT2D eigenvalue weighted by molar-refractivity contribution is 7.22. The smallest absolute Gasteiger partial charge is 0.253 e. The first-order chi connectivity index (χ1) is 11.0. The first-order valence-electron chi connectivity index (χ1n) is 7.22. The SMILES string of the molecule is COc1ccc(Cl)c2sc(N3CCOC(C(=O)N(C)C)C3)nc12. The average molecular weight is 356 g/mol. The minimum atomic E-state index is -0.469. The van der Waals surface area contributed by atoms with E-state index in [1.807, 2.05) is 12.1 Å². The van der Waals surface area contributed by atoms with Crippen molar-refractivity contribution in [2.45, 2.75) is 6.10 Å². The van der Waals surface area contributed by atoms with Crippen LogP contribution in [0.15, 0.2) is 12.1 Å². The van der Waals surface area contributed by atoms with Crippen molar-refractivity contribution in [2.24, 2.45) is 0 Å². The lowest BCUT2D eigenvalue weighted by atomic mass is 10.2. The number of halogens is 1. The van der Waals surface area contributed by atoms with Crippen molar-refractivity contribution in [3.8, 4) is 5.75 Å². The largest absolute Gasteiger partial charge is 0.494 e. The molecule has 0 bridgehead atoms. The summed E-state index contributed by atoms with van der Waals surface area (Å²) in [4.78, 5) is 20.4. The predicted octanol–water partition coefficient (Wildman–Crippen LogP) is 2.25. The molecule has 1 aliphatic heterocycles. The van der Waals surface area contributed by atoms with Crippen LogP contribution in [0.3, 0.4) is 0 Å². The van der Waals surface area contributed by atoms with Gasteiger partial charge in [0.05, 0.1) is 30.0 Å². The summed E-state index contributed by atoms with van der Waals surface area (Å²) in [6.07, 6.45) is -0.469. The number of thiazole rings is 1. The first kappa shape index (κ1) is 16.3. The number of carbonyl (C=O) groups is 1. The van der Waals surface area contributed by atoms with Crippen LogP contribution in [-0.2, 0) is 9.53 Å². The average Bonchev–Trinajstić information content (AvgIpc) is 3.01. The predicted molar refractivity (Wildman–Crippen MR) is 91.8 cm³/mol. The van der Waals surface area contributed by atoms with E-state index in [9.17, 15) is 4.79 Å². The summed E-state index contributed by atoms with van der Waals surface area (Å²) in [6, 6.07) is 3.62. The van der Waals surface area contributed by atoms with Gasteiger partial charge in [0.15, 0.2) is 11.2 Å². The number of aromatic nitrogens is 1. The zero-order valence-electron chi connectivity index (χ0n) is 13.2. The molecule has 1 atom stereocenters. The van der Waals surface area contributed by atoms with Crippen LogP contribution < -0.4 is 9.64 Å². The van der Waals surface area contributed by atoms with E-state index in [0.29, 0.717) is 30.5 Å². The molecule has 6 nitrogen and oxygen atoms in total. The number of hydrogen-bond acceptors (Lipinski definition) is 6. The van der Waals surface area contributed by atoms with Crippen LogP contribution in [0.1, 0.15) is 0 Å². The van der Waals surface area contributed by atoms with Gasteiger partial charge in [0.2, 0.25) is 0 Å². The number of ether oxygens (including phenoxy) is 2.